The summed E-state index contributed by atoms with van der Waals surface area (Å²) in [6.07, 6.45) is 2.19. The Morgan fingerprint density at radius 3 is 2.57 bits per heavy atom. The van der Waals surface area contributed by atoms with Gasteiger partial charge in [-0.2, -0.15) is 0 Å². The molecule has 0 aliphatic carbocycles. The largest absolute Gasteiger partial charge is 0.493 e. The van der Waals surface area contributed by atoms with Crippen LogP contribution >= 0.6 is 0 Å². The molecule has 1 aliphatic rings. The Kier molecular flexibility index (Phi) is 5.23. The number of para-hydroxylation sites is 1. The van der Waals surface area contributed by atoms with Crippen molar-refractivity contribution in [2.75, 3.05) is 11.5 Å². The Hall–Kier alpha value is -3.67. The number of aromatic carboxylic acids is 1. The van der Waals surface area contributed by atoms with Gasteiger partial charge in [0.2, 0.25) is 0 Å². The van der Waals surface area contributed by atoms with Crippen molar-refractivity contribution < 1.29 is 19.4 Å². The normalized spacial score (nSPS) is 15.2. The molecule has 0 fully saturated rings. The van der Waals surface area contributed by atoms with E-state index in [1.807, 2.05) is 49.1 Å². The molecule has 0 bridgehead atoms. The molecule has 2 aromatic carbocycles. The average Bonchev–Trinajstić information content (AvgIpc) is 3.01. The highest BCUT2D eigenvalue weighted by Crippen LogP contribution is 2.41. The zero-order chi connectivity index (χ0) is 21.3. The Balaban J connectivity index is 1.61. The van der Waals surface area contributed by atoms with Gasteiger partial charge >= 0.3 is 5.97 Å². The van der Waals surface area contributed by atoms with Crippen molar-refractivity contribution >= 4 is 17.6 Å². The lowest BCUT2D eigenvalue weighted by Crippen LogP contribution is -2.30. The van der Waals surface area contributed by atoms with Gasteiger partial charge in [-0.25, -0.2) is 4.79 Å². The number of nitrogens with zero attached hydrogens (tertiary/aromatic N) is 2. The standard InChI is InChI=1S/C24H22N2O4/c1-15-6-3-7-16(2)22(15)26-20(19-10-5-12-25-21(19)23(26)27)11-13-30-18-9-4-8-17(14-18)24(28)29/h3-10,12,14,20H,11,13H2,1-2H3,(H,28,29). The molecule has 1 aromatic heterocycles. The minimum Gasteiger partial charge on any atom is -0.493 e. The van der Waals surface area contributed by atoms with Crippen molar-refractivity contribution in [2.45, 2.75) is 26.3 Å². The van der Waals surface area contributed by atoms with Crippen LogP contribution in [0.4, 0.5) is 5.69 Å². The second kappa shape index (κ2) is 7.99. The number of amides is 1. The Morgan fingerprint density at radius 1 is 1.10 bits per heavy atom. The van der Waals surface area contributed by atoms with E-state index in [0.29, 0.717) is 24.5 Å². The lowest BCUT2D eigenvalue weighted by atomic mass is 10.0. The van der Waals surface area contributed by atoms with Crippen LogP contribution in [-0.4, -0.2) is 28.6 Å². The molecule has 30 heavy (non-hydrogen) atoms. The highest BCUT2D eigenvalue weighted by molar-refractivity contribution is 6.10. The molecule has 1 aliphatic heterocycles. The lowest BCUT2D eigenvalue weighted by Gasteiger charge is -2.28. The van der Waals surface area contributed by atoms with Crippen LogP contribution in [0.2, 0.25) is 0 Å². The Morgan fingerprint density at radius 2 is 1.83 bits per heavy atom. The number of anilines is 1. The van der Waals surface area contributed by atoms with E-state index in [2.05, 4.69) is 4.98 Å². The number of carbonyl (C=O) groups is 2. The molecule has 1 N–H and O–H groups in total. The van der Waals surface area contributed by atoms with Gasteiger partial charge in [-0.3, -0.25) is 14.7 Å². The van der Waals surface area contributed by atoms with Gasteiger partial charge in [0.15, 0.2) is 0 Å². The van der Waals surface area contributed by atoms with Gasteiger partial charge in [0.05, 0.1) is 23.9 Å². The first-order valence-electron chi connectivity index (χ1n) is 9.78. The number of hydrogen-bond donors (Lipinski definition) is 1. The number of aromatic nitrogens is 1. The molecule has 3 aromatic rings. The van der Waals surface area contributed by atoms with E-state index in [9.17, 15) is 9.59 Å². The summed E-state index contributed by atoms with van der Waals surface area (Å²) in [6, 6.07) is 15.9. The summed E-state index contributed by atoms with van der Waals surface area (Å²) in [7, 11) is 0. The quantitative estimate of drug-likeness (QED) is 0.653. The van der Waals surface area contributed by atoms with E-state index in [-0.39, 0.29) is 17.5 Å². The van der Waals surface area contributed by atoms with E-state index >= 15 is 0 Å². The molecule has 152 valence electrons. The van der Waals surface area contributed by atoms with Crippen molar-refractivity contribution in [1.82, 2.24) is 4.98 Å². The second-order valence-electron chi connectivity index (χ2n) is 7.34. The lowest BCUT2D eigenvalue weighted by molar-refractivity contribution is 0.0696. The van der Waals surface area contributed by atoms with Crippen molar-refractivity contribution in [2.24, 2.45) is 0 Å². The van der Waals surface area contributed by atoms with Crippen molar-refractivity contribution in [3.8, 4) is 5.75 Å². The zero-order valence-electron chi connectivity index (χ0n) is 16.8. The summed E-state index contributed by atoms with van der Waals surface area (Å²) in [5, 5.41) is 9.15. The van der Waals surface area contributed by atoms with Crippen LogP contribution < -0.4 is 9.64 Å². The number of hydrogen-bond acceptors (Lipinski definition) is 4. The molecule has 0 saturated heterocycles. The third-order valence-electron chi connectivity index (χ3n) is 5.35. The SMILES string of the molecule is Cc1cccc(C)c1N1C(=O)c2ncccc2C1CCOc1cccc(C(=O)O)c1. The van der Waals surface area contributed by atoms with Gasteiger partial charge in [-0.15, -0.1) is 0 Å². The highest BCUT2D eigenvalue weighted by atomic mass is 16.5. The minimum atomic E-state index is -0.997. The maximum absolute atomic E-state index is 13.2. The summed E-state index contributed by atoms with van der Waals surface area (Å²) in [5.74, 6) is -0.617. The fourth-order valence-corrected chi connectivity index (χ4v) is 3.99. The van der Waals surface area contributed by atoms with E-state index < -0.39 is 5.97 Å². The van der Waals surface area contributed by atoms with Gasteiger partial charge in [0.25, 0.3) is 5.91 Å². The number of benzene rings is 2. The second-order valence-corrected chi connectivity index (χ2v) is 7.34. The third kappa shape index (κ3) is 3.52. The first-order valence-corrected chi connectivity index (χ1v) is 9.78. The summed E-state index contributed by atoms with van der Waals surface area (Å²) in [5.41, 5.74) is 4.48. The summed E-state index contributed by atoms with van der Waals surface area (Å²) in [4.78, 5) is 30.5. The molecule has 0 saturated carbocycles. The van der Waals surface area contributed by atoms with E-state index in [1.54, 1.807) is 18.3 Å². The fraction of sp³-hybridized carbons (Fsp3) is 0.208. The average molecular weight is 402 g/mol. The van der Waals surface area contributed by atoms with Gasteiger partial charge < -0.3 is 9.84 Å². The van der Waals surface area contributed by atoms with Gasteiger partial charge in [0.1, 0.15) is 11.4 Å². The molecule has 1 unspecified atom stereocenters. The smallest absolute Gasteiger partial charge is 0.335 e. The summed E-state index contributed by atoms with van der Waals surface area (Å²) < 4.78 is 5.83. The molecule has 1 atom stereocenters. The van der Waals surface area contributed by atoms with E-state index in [4.69, 9.17) is 9.84 Å². The molecule has 4 rings (SSSR count). The summed E-state index contributed by atoms with van der Waals surface area (Å²) >= 11 is 0. The van der Waals surface area contributed by atoms with Crippen LogP contribution in [-0.2, 0) is 0 Å². The van der Waals surface area contributed by atoms with Crippen LogP contribution in [0.15, 0.2) is 60.8 Å². The molecule has 6 nitrogen and oxygen atoms in total. The first-order chi connectivity index (χ1) is 14.5. The van der Waals surface area contributed by atoms with Gasteiger partial charge in [-0.1, -0.05) is 30.3 Å². The maximum atomic E-state index is 13.2. The molecular formula is C24H22N2O4. The first kappa shape index (κ1) is 19.6. The third-order valence-corrected chi connectivity index (χ3v) is 5.35. The number of rotatable bonds is 6. The number of pyridine rings is 1. The van der Waals surface area contributed by atoms with Crippen molar-refractivity contribution in [1.29, 1.82) is 0 Å². The maximum Gasteiger partial charge on any atom is 0.335 e. The predicted octanol–water partition coefficient (Wildman–Crippen LogP) is 4.57. The van der Waals surface area contributed by atoms with Crippen LogP contribution in [0, 0.1) is 13.8 Å². The fourth-order valence-electron chi connectivity index (χ4n) is 3.99. The molecule has 6 heteroatoms. The molecule has 0 spiro atoms. The topological polar surface area (TPSA) is 79.7 Å². The number of carbonyl (C=O) groups excluding carboxylic acids is 1. The predicted molar refractivity (Wildman–Crippen MR) is 113 cm³/mol. The van der Waals surface area contributed by atoms with Crippen LogP contribution in [0.1, 0.15) is 50.0 Å². The Labute approximate surface area is 174 Å². The molecular weight excluding hydrogens is 380 g/mol. The number of ether oxygens (including phenoxy) is 1. The monoisotopic (exact) mass is 402 g/mol. The van der Waals surface area contributed by atoms with Gasteiger partial charge in [0, 0.05) is 18.2 Å². The molecule has 1 amide bonds. The Bertz CT molecular complexity index is 1110. The molecule has 2 heterocycles. The zero-order valence-corrected chi connectivity index (χ0v) is 16.8. The van der Waals surface area contributed by atoms with Crippen LogP contribution in [0.5, 0.6) is 5.75 Å². The number of carboxylic acids is 1. The minimum absolute atomic E-state index is 0.110. The highest BCUT2D eigenvalue weighted by Gasteiger charge is 2.39. The van der Waals surface area contributed by atoms with E-state index in [1.165, 1.54) is 12.1 Å². The number of fused-ring (bicyclic) bond motifs is 1. The van der Waals surface area contributed by atoms with E-state index in [0.717, 1.165) is 22.4 Å². The summed E-state index contributed by atoms with van der Waals surface area (Å²) in [6.45, 7) is 4.32. The van der Waals surface area contributed by atoms with Crippen LogP contribution in [0.25, 0.3) is 0 Å². The molecule has 0 radical (unpaired) electrons. The van der Waals surface area contributed by atoms with Gasteiger partial charge in [-0.05, 0) is 49.2 Å². The van der Waals surface area contributed by atoms with Crippen molar-refractivity contribution in [3.05, 3.63) is 88.7 Å². The number of aryl methyl sites for hydroxylation is 2. The number of carboxylic acid groups (broad SMARTS) is 1. The van der Waals surface area contributed by atoms with Crippen molar-refractivity contribution in [3.63, 3.8) is 0 Å². The van der Waals surface area contributed by atoms with Crippen LogP contribution in [0.3, 0.4) is 0 Å².